The van der Waals surface area contributed by atoms with Crippen LogP contribution in [0.1, 0.15) is 13.8 Å². The zero-order chi connectivity index (χ0) is 6.73. The van der Waals surface area contributed by atoms with Gasteiger partial charge >= 0.3 is 0 Å². The lowest BCUT2D eigenvalue weighted by Gasteiger charge is -2.16. The fourth-order valence-corrected chi connectivity index (χ4v) is 0.747. The van der Waals surface area contributed by atoms with Gasteiger partial charge < -0.3 is 5.11 Å². The molecule has 0 amide bonds. The number of rotatable bonds is 2. The molecule has 0 aliphatic heterocycles. The highest BCUT2D eigenvalue weighted by molar-refractivity contribution is 7.99. The van der Waals surface area contributed by atoms with Gasteiger partial charge in [-0.15, -0.1) is 0 Å². The zero-order valence-electron chi connectivity index (χ0n) is 5.07. The van der Waals surface area contributed by atoms with Crippen LogP contribution in [-0.4, -0.2) is 15.8 Å². The van der Waals surface area contributed by atoms with Gasteiger partial charge in [-0.2, -0.15) is 25.3 Å². The molecule has 0 bridgehead atoms. The summed E-state index contributed by atoms with van der Waals surface area (Å²) in [6.07, 6.45) is -0.310. The lowest BCUT2D eigenvalue weighted by molar-refractivity contribution is 0.143. The lowest BCUT2D eigenvalue weighted by atomic mass is 10.1. The second-order valence-corrected chi connectivity index (χ2v) is 3.53. The predicted molar refractivity (Wildman–Crippen MR) is 42.6 cm³/mol. The Hall–Kier alpha value is 0.660. The minimum absolute atomic E-state index is 0.0185. The van der Waals surface area contributed by atoms with Gasteiger partial charge in [0, 0.05) is 10.5 Å². The number of aliphatic hydroxyl groups excluding tert-OH is 1. The van der Waals surface area contributed by atoms with Crippen molar-refractivity contribution in [2.45, 2.75) is 24.5 Å². The first-order valence-electron chi connectivity index (χ1n) is 2.60. The summed E-state index contributed by atoms with van der Waals surface area (Å²) in [6.45, 7) is 3.65. The average Bonchev–Trinajstić information content (AvgIpc) is 1.64. The van der Waals surface area contributed by atoms with Crippen LogP contribution in [0.4, 0.5) is 0 Å². The predicted octanol–water partition coefficient (Wildman–Crippen LogP) is 1.19. The summed E-state index contributed by atoms with van der Waals surface area (Å²) in [5, 5.41) is 8.89. The molecule has 0 aliphatic rings. The minimum Gasteiger partial charge on any atom is -0.393 e. The first-order chi connectivity index (χ1) is 3.55. The quantitative estimate of drug-likeness (QED) is 0.401. The molecule has 50 valence electrons. The van der Waals surface area contributed by atoms with Crippen molar-refractivity contribution in [2.75, 3.05) is 0 Å². The smallest absolute Gasteiger partial charge is 0.0556 e. The monoisotopic (exact) mass is 152 g/mol. The first-order valence-corrected chi connectivity index (χ1v) is 3.63. The Bertz CT molecular complexity index is 55.4. The van der Waals surface area contributed by atoms with Crippen LogP contribution in [0.15, 0.2) is 0 Å². The largest absolute Gasteiger partial charge is 0.393 e. The van der Waals surface area contributed by atoms with Crippen LogP contribution in [0.25, 0.3) is 0 Å². The van der Waals surface area contributed by atoms with Crippen molar-refractivity contribution in [3.8, 4) is 0 Å². The van der Waals surface area contributed by atoms with Crippen molar-refractivity contribution in [2.24, 2.45) is 5.92 Å². The Balaban J connectivity index is 3.46. The van der Waals surface area contributed by atoms with Gasteiger partial charge in [0.2, 0.25) is 0 Å². The molecule has 2 atom stereocenters. The average molecular weight is 152 g/mol. The highest BCUT2D eigenvalue weighted by atomic mass is 32.2. The Morgan fingerprint density at radius 1 is 1.25 bits per heavy atom. The van der Waals surface area contributed by atoms with E-state index in [1.54, 1.807) is 6.92 Å². The van der Waals surface area contributed by atoms with E-state index in [2.05, 4.69) is 25.3 Å². The molecule has 0 radical (unpaired) electrons. The molecule has 1 nitrogen and oxygen atoms in total. The standard InChI is InChI=1S/C5H12OS2/c1-3(4(2)6)5(7)8/h3-8H,1-2H3. The normalized spacial score (nSPS) is 18.8. The van der Waals surface area contributed by atoms with Gasteiger partial charge in [-0.05, 0) is 6.92 Å². The van der Waals surface area contributed by atoms with E-state index in [9.17, 15) is 0 Å². The van der Waals surface area contributed by atoms with Gasteiger partial charge in [-0.3, -0.25) is 0 Å². The fourth-order valence-electron chi connectivity index (χ4n) is 0.249. The SMILES string of the molecule is CC(O)C(C)C(S)S. The molecule has 2 unspecified atom stereocenters. The third-order valence-corrected chi connectivity index (χ3v) is 2.17. The van der Waals surface area contributed by atoms with E-state index in [-0.39, 0.29) is 16.6 Å². The van der Waals surface area contributed by atoms with E-state index in [0.717, 1.165) is 0 Å². The maximum atomic E-state index is 8.89. The van der Waals surface area contributed by atoms with Crippen LogP contribution in [0.3, 0.4) is 0 Å². The molecule has 8 heavy (non-hydrogen) atoms. The zero-order valence-corrected chi connectivity index (χ0v) is 6.86. The van der Waals surface area contributed by atoms with E-state index in [1.807, 2.05) is 6.92 Å². The molecule has 0 rings (SSSR count). The molecule has 0 saturated carbocycles. The van der Waals surface area contributed by atoms with Gasteiger partial charge in [0.15, 0.2) is 0 Å². The molecule has 0 aliphatic carbocycles. The molecule has 0 aromatic rings. The third kappa shape index (κ3) is 2.84. The van der Waals surface area contributed by atoms with Gasteiger partial charge in [-0.1, -0.05) is 6.92 Å². The number of hydrogen-bond donors (Lipinski definition) is 3. The van der Waals surface area contributed by atoms with Gasteiger partial charge in [0.05, 0.1) is 6.10 Å². The van der Waals surface area contributed by atoms with Crippen molar-refractivity contribution in [1.29, 1.82) is 0 Å². The van der Waals surface area contributed by atoms with E-state index >= 15 is 0 Å². The van der Waals surface area contributed by atoms with E-state index < -0.39 is 0 Å². The maximum absolute atomic E-state index is 8.89. The molecule has 0 heterocycles. The van der Waals surface area contributed by atoms with Crippen LogP contribution in [0.2, 0.25) is 0 Å². The van der Waals surface area contributed by atoms with Crippen molar-refractivity contribution in [1.82, 2.24) is 0 Å². The van der Waals surface area contributed by atoms with E-state index in [1.165, 1.54) is 0 Å². The molecule has 0 saturated heterocycles. The van der Waals surface area contributed by atoms with Gasteiger partial charge in [0.25, 0.3) is 0 Å². The minimum atomic E-state index is -0.310. The Morgan fingerprint density at radius 3 is 1.62 bits per heavy atom. The van der Waals surface area contributed by atoms with Crippen molar-refractivity contribution < 1.29 is 5.11 Å². The third-order valence-electron chi connectivity index (χ3n) is 1.23. The van der Waals surface area contributed by atoms with Gasteiger partial charge in [0.1, 0.15) is 0 Å². The number of thiol groups is 2. The molecule has 0 spiro atoms. The second-order valence-electron chi connectivity index (χ2n) is 2.01. The maximum Gasteiger partial charge on any atom is 0.0556 e. The molecule has 1 N–H and O–H groups in total. The van der Waals surface area contributed by atoms with Crippen molar-refractivity contribution >= 4 is 25.3 Å². The highest BCUT2D eigenvalue weighted by Gasteiger charge is 2.13. The van der Waals surface area contributed by atoms with Crippen LogP contribution in [0.5, 0.6) is 0 Å². The molecule has 0 aromatic carbocycles. The van der Waals surface area contributed by atoms with Crippen LogP contribution < -0.4 is 0 Å². The number of hydrogen-bond acceptors (Lipinski definition) is 3. The molecule has 3 heteroatoms. The Kier molecular flexibility index (Phi) is 3.94. The summed E-state index contributed by atoms with van der Waals surface area (Å²) in [5.74, 6) is 0.154. The molecular weight excluding hydrogens is 140 g/mol. The summed E-state index contributed by atoms with van der Waals surface area (Å²) < 4.78 is -0.0185. The Labute approximate surface area is 61.3 Å². The fraction of sp³-hybridized carbons (Fsp3) is 1.00. The summed E-state index contributed by atoms with van der Waals surface area (Å²) in [5.41, 5.74) is 0. The molecule has 0 fully saturated rings. The lowest BCUT2D eigenvalue weighted by Crippen LogP contribution is -2.19. The topological polar surface area (TPSA) is 20.2 Å². The van der Waals surface area contributed by atoms with Crippen LogP contribution in [-0.2, 0) is 0 Å². The van der Waals surface area contributed by atoms with Crippen molar-refractivity contribution in [3.63, 3.8) is 0 Å². The van der Waals surface area contributed by atoms with Crippen LogP contribution >= 0.6 is 25.3 Å². The summed E-state index contributed by atoms with van der Waals surface area (Å²) in [4.78, 5) is 0. The molecular formula is C5H12OS2. The van der Waals surface area contributed by atoms with Crippen LogP contribution in [0, 0.1) is 5.92 Å². The number of aliphatic hydroxyl groups is 1. The van der Waals surface area contributed by atoms with Gasteiger partial charge in [-0.25, -0.2) is 0 Å². The molecule has 0 aromatic heterocycles. The highest BCUT2D eigenvalue weighted by Crippen LogP contribution is 2.16. The Morgan fingerprint density at radius 2 is 1.62 bits per heavy atom. The van der Waals surface area contributed by atoms with E-state index in [0.29, 0.717) is 0 Å². The second kappa shape index (κ2) is 3.64. The summed E-state index contributed by atoms with van der Waals surface area (Å²) in [7, 11) is 0. The first kappa shape index (κ1) is 8.66. The summed E-state index contributed by atoms with van der Waals surface area (Å²) >= 11 is 8.07. The summed E-state index contributed by atoms with van der Waals surface area (Å²) in [6, 6.07) is 0. The van der Waals surface area contributed by atoms with Crippen molar-refractivity contribution in [3.05, 3.63) is 0 Å². The van der Waals surface area contributed by atoms with E-state index in [4.69, 9.17) is 5.11 Å².